The lowest BCUT2D eigenvalue weighted by Gasteiger charge is -2.11. The zero-order valence-electron chi connectivity index (χ0n) is 11.5. The molecular formula is C13H13ClN6O. The smallest absolute Gasteiger partial charge is 0.268 e. The average Bonchev–Trinajstić information content (AvgIpc) is 3.04. The fourth-order valence-electron chi connectivity index (χ4n) is 2.16. The highest BCUT2D eigenvalue weighted by Crippen LogP contribution is 2.20. The van der Waals surface area contributed by atoms with E-state index in [2.05, 4.69) is 25.8 Å². The average molecular weight is 305 g/mol. The Morgan fingerprint density at radius 3 is 2.95 bits per heavy atom. The van der Waals surface area contributed by atoms with E-state index in [-0.39, 0.29) is 11.9 Å². The standard InChI is InChI=1S/C13H13ClN6O/c1-7(12-17-18-19-20(12)2)15-13(21)11-5-8-3-4-9(14)6-10(8)16-11/h3-7,16H,1-2H3,(H,15,21). The number of aromatic nitrogens is 5. The summed E-state index contributed by atoms with van der Waals surface area (Å²) < 4.78 is 1.52. The second kappa shape index (κ2) is 5.17. The Morgan fingerprint density at radius 2 is 2.24 bits per heavy atom. The van der Waals surface area contributed by atoms with Gasteiger partial charge < -0.3 is 10.3 Å². The molecule has 3 rings (SSSR count). The molecule has 1 aromatic carbocycles. The molecule has 1 atom stereocenters. The topological polar surface area (TPSA) is 88.5 Å². The third-order valence-corrected chi connectivity index (χ3v) is 3.45. The normalized spacial score (nSPS) is 12.5. The number of carbonyl (C=O) groups excluding carboxylic acids is 1. The van der Waals surface area contributed by atoms with Gasteiger partial charge >= 0.3 is 0 Å². The Hall–Kier alpha value is -2.41. The van der Waals surface area contributed by atoms with Crippen molar-refractivity contribution in [3.05, 3.63) is 40.8 Å². The fourth-order valence-corrected chi connectivity index (χ4v) is 2.34. The minimum Gasteiger partial charge on any atom is -0.350 e. The number of hydrogen-bond donors (Lipinski definition) is 2. The van der Waals surface area contributed by atoms with Crippen LogP contribution in [0.2, 0.25) is 5.02 Å². The van der Waals surface area contributed by atoms with Crippen molar-refractivity contribution in [2.24, 2.45) is 7.05 Å². The summed E-state index contributed by atoms with van der Waals surface area (Å²) in [6.45, 7) is 1.82. The zero-order chi connectivity index (χ0) is 15.0. The maximum absolute atomic E-state index is 12.3. The third-order valence-electron chi connectivity index (χ3n) is 3.22. The quantitative estimate of drug-likeness (QED) is 0.772. The minimum atomic E-state index is -0.299. The van der Waals surface area contributed by atoms with Gasteiger partial charge in [-0.25, -0.2) is 4.68 Å². The third kappa shape index (κ3) is 2.59. The van der Waals surface area contributed by atoms with Crippen molar-refractivity contribution in [2.45, 2.75) is 13.0 Å². The van der Waals surface area contributed by atoms with E-state index in [1.54, 1.807) is 25.2 Å². The summed E-state index contributed by atoms with van der Waals surface area (Å²) in [5, 5.41) is 15.6. The van der Waals surface area contributed by atoms with Crippen LogP contribution in [-0.4, -0.2) is 31.1 Å². The van der Waals surface area contributed by atoms with Gasteiger partial charge in [-0.15, -0.1) is 5.10 Å². The van der Waals surface area contributed by atoms with Gasteiger partial charge in [-0.2, -0.15) is 0 Å². The monoisotopic (exact) mass is 304 g/mol. The molecule has 0 aliphatic heterocycles. The number of hydrogen-bond acceptors (Lipinski definition) is 4. The molecular weight excluding hydrogens is 292 g/mol. The van der Waals surface area contributed by atoms with Crippen LogP contribution in [0.4, 0.5) is 0 Å². The highest BCUT2D eigenvalue weighted by molar-refractivity contribution is 6.31. The highest BCUT2D eigenvalue weighted by Gasteiger charge is 2.17. The number of nitrogens with zero attached hydrogens (tertiary/aromatic N) is 4. The molecule has 0 fully saturated rings. The molecule has 2 heterocycles. The lowest BCUT2D eigenvalue weighted by Crippen LogP contribution is -2.28. The number of nitrogens with one attached hydrogen (secondary N) is 2. The molecule has 21 heavy (non-hydrogen) atoms. The summed E-state index contributed by atoms with van der Waals surface area (Å²) >= 11 is 5.93. The number of fused-ring (bicyclic) bond motifs is 1. The molecule has 0 aliphatic rings. The van der Waals surface area contributed by atoms with Crippen LogP contribution in [0, 0.1) is 0 Å². The molecule has 0 bridgehead atoms. The summed E-state index contributed by atoms with van der Waals surface area (Å²) in [5.41, 5.74) is 1.29. The van der Waals surface area contributed by atoms with E-state index in [9.17, 15) is 4.79 Å². The van der Waals surface area contributed by atoms with E-state index < -0.39 is 0 Å². The molecule has 1 unspecified atom stereocenters. The zero-order valence-corrected chi connectivity index (χ0v) is 12.2. The van der Waals surface area contributed by atoms with Gasteiger partial charge in [0.2, 0.25) is 0 Å². The number of aryl methyl sites for hydroxylation is 1. The molecule has 3 aromatic rings. The van der Waals surface area contributed by atoms with Crippen molar-refractivity contribution >= 4 is 28.4 Å². The summed E-state index contributed by atoms with van der Waals surface area (Å²) in [7, 11) is 1.73. The number of H-pyrrole nitrogens is 1. The summed E-state index contributed by atoms with van der Waals surface area (Å²) in [4.78, 5) is 15.3. The van der Waals surface area contributed by atoms with E-state index in [0.717, 1.165) is 10.9 Å². The van der Waals surface area contributed by atoms with E-state index in [4.69, 9.17) is 11.6 Å². The molecule has 0 radical (unpaired) electrons. The Kier molecular flexibility index (Phi) is 3.34. The van der Waals surface area contributed by atoms with Crippen molar-refractivity contribution < 1.29 is 4.79 Å². The number of aromatic amines is 1. The van der Waals surface area contributed by atoms with Crippen LogP contribution in [0.5, 0.6) is 0 Å². The molecule has 108 valence electrons. The Bertz CT molecular complexity index is 808. The van der Waals surface area contributed by atoms with Crippen molar-refractivity contribution in [3.8, 4) is 0 Å². The number of halogens is 1. The van der Waals surface area contributed by atoms with Gasteiger partial charge in [-0.1, -0.05) is 17.7 Å². The van der Waals surface area contributed by atoms with Crippen molar-refractivity contribution in [1.82, 2.24) is 30.5 Å². The van der Waals surface area contributed by atoms with E-state index in [1.807, 2.05) is 13.0 Å². The first kappa shape index (κ1) is 13.6. The van der Waals surface area contributed by atoms with E-state index >= 15 is 0 Å². The Morgan fingerprint density at radius 1 is 1.43 bits per heavy atom. The first-order valence-corrected chi connectivity index (χ1v) is 6.74. The fraction of sp³-hybridized carbons (Fsp3) is 0.231. The minimum absolute atomic E-state index is 0.224. The second-order valence-corrected chi connectivity index (χ2v) is 5.21. The Balaban J connectivity index is 1.82. The first-order valence-electron chi connectivity index (χ1n) is 6.36. The van der Waals surface area contributed by atoms with Crippen molar-refractivity contribution in [3.63, 3.8) is 0 Å². The predicted octanol–water partition coefficient (Wildman–Crippen LogP) is 1.84. The van der Waals surface area contributed by atoms with Crippen molar-refractivity contribution in [1.29, 1.82) is 0 Å². The van der Waals surface area contributed by atoms with E-state index in [1.165, 1.54) is 4.68 Å². The van der Waals surface area contributed by atoms with Gasteiger partial charge in [0.1, 0.15) is 5.69 Å². The lowest BCUT2D eigenvalue weighted by atomic mass is 10.2. The Labute approximate surface area is 125 Å². The molecule has 7 nitrogen and oxygen atoms in total. The summed E-state index contributed by atoms with van der Waals surface area (Å²) in [6.07, 6.45) is 0. The number of amides is 1. The van der Waals surface area contributed by atoms with Crippen LogP contribution < -0.4 is 5.32 Å². The molecule has 0 saturated carbocycles. The molecule has 2 aromatic heterocycles. The van der Waals surface area contributed by atoms with Crippen LogP contribution in [-0.2, 0) is 7.05 Å². The predicted molar refractivity (Wildman–Crippen MR) is 78.0 cm³/mol. The largest absolute Gasteiger partial charge is 0.350 e. The van der Waals surface area contributed by atoms with Gasteiger partial charge in [0, 0.05) is 23.0 Å². The van der Waals surface area contributed by atoms with Gasteiger partial charge in [0.25, 0.3) is 5.91 Å². The SMILES string of the molecule is CC(NC(=O)c1cc2ccc(Cl)cc2[nH]1)c1nnnn1C. The first-order chi connectivity index (χ1) is 10.0. The number of rotatable bonds is 3. The molecule has 8 heteroatoms. The maximum Gasteiger partial charge on any atom is 0.268 e. The second-order valence-electron chi connectivity index (χ2n) is 4.77. The summed E-state index contributed by atoms with van der Waals surface area (Å²) in [5.74, 6) is 0.361. The molecule has 0 saturated heterocycles. The van der Waals surface area contributed by atoms with Crippen LogP contribution in [0.1, 0.15) is 29.3 Å². The molecule has 0 spiro atoms. The highest BCUT2D eigenvalue weighted by atomic mass is 35.5. The van der Waals surface area contributed by atoms with Gasteiger partial charge in [-0.3, -0.25) is 4.79 Å². The maximum atomic E-state index is 12.3. The lowest BCUT2D eigenvalue weighted by molar-refractivity contribution is 0.0933. The van der Waals surface area contributed by atoms with Crippen molar-refractivity contribution in [2.75, 3.05) is 0 Å². The number of carbonyl (C=O) groups is 1. The van der Waals surface area contributed by atoms with Crippen LogP contribution in [0.25, 0.3) is 10.9 Å². The van der Waals surface area contributed by atoms with Crippen LogP contribution in [0.15, 0.2) is 24.3 Å². The van der Waals surface area contributed by atoms with Crippen LogP contribution >= 0.6 is 11.6 Å². The van der Waals surface area contributed by atoms with Gasteiger partial charge in [0.05, 0.1) is 6.04 Å². The van der Waals surface area contributed by atoms with Crippen LogP contribution in [0.3, 0.4) is 0 Å². The molecule has 0 aliphatic carbocycles. The van der Waals surface area contributed by atoms with E-state index in [0.29, 0.717) is 16.5 Å². The molecule has 1 amide bonds. The van der Waals surface area contributed by atoms with Gasteiger partial charge in [-0.05, 0) is 35.5 Å². The summed E-state index contributed by atoms with van der Waals surface area (Å²) in [6, 6.07) is 6.91. The number of tetrazole rings is 1. The number of benzene rings is 1. The molecule has 2 N–H and O–H groups in total. The van der Waals surface area contributed by atoms with Gasteiger partial charge in [0.15, 0.2) is 5.82 Å².